The third kappa shape index (κ3) is 14.4. The summed E-state index contributed by atoms with van der Waals surface area (Å²) in [6, 6.07) is 0.753. The summed E-state index contributed by atoms with van der Waals surface area (Å²) in [5, 5.41) is 3.40. The molecule has 0 aromatic rings. The Morgan fingerprint density at radius 1 is 0.600 bits per heavy atom. The van der Waals surface area contributed by atoms with E-state index in [0.717, 1.165) is 6.04 Å². The van der Waals surface area contributed by atoms with Crippen LogP contribution in [0, 0.1) is 0 Å². The Morgan fingerprint density at radius 3 is 1.35 bits per heavy atom. The second kappa shape index (κ2) is 17.0. The maximum absolute atomic E-state index is 3.40. The SMILES string of the molecule is CCCCCCCCCCCCCCCC(CC)NC. The van der Waals surface area contributed by atoms with Crippen molar-refractivity contribution in [2.45, 2.75) is 116 Å². The maximum atomic E-state index is 3.40. The summed E-state index contributed by atoms with van der Waals surface area (Å²) < 4.78 is 0. The van der Waals surface area contributed by atoms with Gasteiger partial charge in [0, 0.05) is 6.04 Å². The maximum Gasteiger partial charge on any atom is 0.00614 e. The molecule has 20 heavy (non-hydrogen) atoms. The lowest BCUT2D eigenvalue weighted by atomic mass is 10.0. The van der Waals surface area contributed by atoms with E-state index in [1.807, 2.05) is 0 Å². The number of hydrogen-bond acceptors (Lipinski definition) is 1. The van der Waals surface area contributed by atoms with E-state index in [-0.39, 0.29) is 0 Å². The van der Waals surface area contributed by atoms with Crippen molar-refractivity contribution in [2.75, 3.05) is 7.05 Å². The molecule has 0 spiro atoms. The Kier molecular flexibility index (Phi) is 17.0. The summed E-state index contributed by atoms with van der Waals surface area (Å²) in [6.45, 7) is 4.57. The third-order valence-electron chi connectivity index (χ3n) is 4.56. The molecule has 0 fully saturated rings. The van der Waals surface area contributed by atoms with Crippen LogP contribution in [-0.2, 0) is 0 Å². The fourth-order valence-electron chi connectivity index (χ4n) is 2.96. The molecule has 0 saturated carbocycles. The average Bonchev–Trinajstić information content (AvgIpc) is 2.48. The molecule has 0 amide bonds. The molecular formula is C19H41N. The topological polar surface area (TPSA) is 12.0 Å². The van der Waals surface area contributed by atoms with Crippen molar-refractivity contribution >= 4 is 0 Å². The van der Waals surface area contributed by atoms with Crippen molar-refractivity contribution in [3.05, 3.63) is 0 Å². The molecule has 1 atom stereocenters. The number of unbranched alkanes of at least 4 members (excludes halogenated alkanes) is 12. The van der Waals surface area contributed by atoms with Gasteiger partial charge in [0.15, 0.2) is 0 Å². The summed E-state index contributed by atoms with van der Waals surface area (Å²) in [7, 11) is 2.09. The molecule has 0 rings (SSSR count). The molecule has 0 aliphatic carbocycles. The van der Waals surface area contributed by atoms with Gasteiger partial charge >= 0.3 is 0 Å². The van der Waals surface area contributed by atoms with Crippen LogP contribution in [0.4, 0.5) is 0 Å². The van der Waals surface area contributed by atoms with E-state index in [4.69, 9.17) is 0 Å². The molecule has 1 heteroatoms. The molecule has 0 aliphatic heterocycles. The normalized spacial score (nSPS) is 12.8. The predicted molar refractivity (Wildman–Crippen MR) is 93.5 cm³/mol. The molecule has 0 radical (unpaired) electrons. The van der Waals surface area contributed by atoms with Gasteiger partial charge in [0.05, 0.1) is 0 Å². The van der Waals surface area contributed by atoms with Crippen molar-refractivity contribution in [1.82, 2.24) is 5.32 Å². The molecule has 0 aromatic carbocycles. The quantitative estimate of drug-likeness (QED) is 0.320. The van der Waals surface area contributed by atoms with Gasteiger partial charge in [-0.25, -0.2) is 0 Å². The predicted octanol–water partition coefficient (Wildman–Crippen LogP) is 6.47. The first-order valence-electron chi connectivity index (χ1n) is 9.52. The Labute approximate surface area is 129 Å². The van der Waals surface area contributed by atoms with Crippen molar-refractivity contribution < 1.29 is 0 Å². The van der Waals surface area contributed by atoms with E-state index in [1.54, 1.807) is 0 Å². The zero-order chi connectivity index (χ0) is 14.9. The summed E-state index contributed by atoms with van der Waals surface area (Å²) in [4.78, 5) is 0. The van der Waals surface area contributed by atoms with Gasteiger partial charge in [-0.15, -0.1) is 0 Å². The highest BCUT2D eigenvalue weighted by molar-refractivity contribution is 4.61. The summed E-state index contributed by atoms with van der Waals surface area (Å²) >= 11 is 0. The lowest BCUT2D eigenvalue weighted by molar-refractivity contribution is 0.468. The Balaban J connectivity index is 3.02. The van der Waals surface area contributed by atoms with Crippen LogP contribution in [0.5, 0.6) is 0 Å². The molecule has 122 valence electrons. The van der Waals surface area contributed by atoms with Crippen molar-refractivity contribution in [3.63, 3.8) is 0 Å². The molecule has 0 bridgehead atoms. The van der Waals surface area contributed by atoms with Gasteiger partial charge in [0.2, 0.25) is 0 Å². The highest BCUT2D eigenvalue weighted by Gasteiger charge is 2.01. The van der Waals surface area contributed by atoms with E-state index < -0.39 is 0 Å². The largest absolute Gasteiger partial charge is 0.317 e. The van der Waals surface area contributed by atoms with Crippen molar-refractivity contribution in [2.24, 2.45) is 0 Å². The lowest BCUT2D eigenvalue weighted by Gasteiger charge is -2.12. The van der Waals surface area contributed by atoms with Gasteiger partial charge in [0.1, 0.15) is 0 Å². The lowest BCUT2D eigenvalue weighted by Crippen LogP contribution is -2.23. The van der Waals surface area contributed by atoms with Gasteiger partial charge in [0.25, 0.3) is 0 Å². The Morgan fingerprint density at radius 2 is 1.00 bits per heavy atom. The fraction of sp³-hybridized carbons (Fsp3) is 1.00. The van der Waals surface area contributed by atoms with Crippen LogP contribution in [0.15, 0.2) is 0 Å². The summed E-state index contributed by atoms with van der Waals surface area (Å²) in [5.41, 5.74) is 0. The summed E-state index contributed by atoms with van der Waals surface area (Å²) in [5.74, 6) is 0. The third-order valence-corrected chi connectivity index (χ3v) is 4.56. The van der Waals surface area contributed by atoms with Gasteiger partial charge in [-0.2, -0.15) is 0 Å². The minimum absolute atomic E-state index is 0.753. The van der Waals surface area contributed by atoms with Crippen LogP contribution in [0.1, 0.15) is 110 Å². The molecule has 1 unspecified atom stereocenters. The van der Waals surface area contributed by atoms with E-state index in [2.05, 4.69) is 26.2 Å². The molecular weight excluding hydrogens is 242 g/mol. The van der Waals surface area contributed by atoms with Gasteiger partial charge in [-0.3, -0.25) is 0 Å². The zero-order valence-electron chi connectivity index (χ0n) is 14.7. The van der Waals surface area contributed by atoms with Gasteiger partial charge in [-0.05, 0) is 19.9 Å². The van der Waals surface area contributed by atoms with Crippen LogP contribution >= 0.6 is 0 Å². The number of nitrogens with one attached hydrogen (secondary N) is 1. The van der Waals surface area contributed by atoms with Crippen LogP contribution in [0.2, 0.25) is 0 Å². The second-order valence-corrected chi connectivity index (χ2v) is 6.43. The molecule has 0 heterocycles. The number of rotatable bonds is 16. The standard InChI is InChI=1S/C19H41N/c1-4-6-7-8-9-10-11-12-13-14-15-16-17-18-19(5-2)20-3/h19-20H,4-18H2,1-3H3. The molecule has 0 saturated heterocycles. The monoisotopic (exact) mass is 283 g/mol. The van der Waals surface area contributed by atoms with Crippen molar-refractivity contribution in [3.8, 4) is 0 Å². The van der Waals surface area contributed by atoms with Crippen LogP contribution in [0.3, 0.4) is 0 Å². The first kappa shape index (κ1) is 20.0. The Bertz CT molecular complexity index is 163. The van der Waals surface area contributed by atoms with Crippen molar-refractivity contribution in [1.29, 1.82) is 0 Å². The van der Waals surface area contributed by atoms with E-state index in [1.165, 1.54) is 96.3 Å². The van der Waals surface area contributed by atoms with E-state index >= 15 is 0 Å². The first-order valence-corrected chi connectivity index (χ1v) is 9.52. The minimum Gasteiger partial charge on any atom is -0.317 e. The minimum atomic E-state index is 0.753. The van der Waals surface area contributed by atoms with E-state index in [0.29, 0.717) is 0 Å². The van der Waals surface area contributed by atoms with Gasteiger partial charge in [-0.1, -0.05) is 97.3 Å². The van der Waals surface area contributed by atoms with Crippen LogP contribution in [-0.4, -0.2) is 13.1 Å². The highest BCUT2D eigenvalue weighted by atomic mass is 14.9. The average molecular weight is 284 g/mol. The molecule has 1 N–H and O–H groups in total. The number of hydrogen-bond donors (Lipinski definition) is 1. The molecule has 0 aromatic heterocycles. The molecule has 1 nitrogen and oxygen atoms in total. The van der Waals surface area contributed by atoms with Gasteiger partial charge < -0.3 is 5.32 Å². The van der Waals surface area contributed by atoms with E-state index in [9.17, 15) is 0 Å². The fourth-order valence-corrected chi connectivity index (χ4v) is 2.96. The summed E-state index contributed by atoms with van der Waals surface area (Å²) in [6.07, 6.45) is 21.5. The highest BCUT2D eigenvalue weighted by Crippen LogP contribution is 2.13. The second-order valence-electron chi connectivity index (χ2n) is 6.43. The Hall–Kier alpha value is -0.0400. The smallest absolute Gasteiger partial charge is 0.00614 e. The van der Waals surface area contributed by atoms with Crippen LogP contribution < -0.4 is 5.32 Å². The first-order chi connectivity index (χ1) is 9.85. The van der Waals surface area contributed by atoms with Crippen LogP contribution in [0.25, 0.3) is 0 Å². The molecule has 0 aliphatic rings. The zero-order valence-corrected chi connectivity index (χ0v) is 14.7.